The van der Waals surface area contributed by atoms with Gasteiger partial charge in [0.25, 0.3) is 0 Å². The van der Waals surface area contributed by atoms with E-state index in [2.05, 4.69) is 68.1 Å². The Balaban J connectivity index is 1.95. The Hall–Kier alpha value is -1.57. The molecule has 1 heterocycles. The topological polar surface area (TPSA) is 21.7 Å². The molecule has 0 bridgehead atoms. The monoisotopic (exact) mass is 399 g/mol. The first-order valence-corrected chi connectivity index (χ1v) is 11.4. The lowest BCUT2D eigenvalue weighted by molar-refractivity contribution is 0.0500. The van der Waals surface area contributed by atoms with Crippen LogP contribution in [0.4, 0.5) is 5.69 Å². The zero-order valence-corrected chi connectivity index (χ0v) is 18.8. The highest BCUT2D eigenvalue weighted by Crippen LogP contribution is 2.48. The van der Waals surface area contributed by atoms with E-state index in [-0.39, 0.29) is 11.9 Å². The summed E-state index contributed by atoms with van der Waals surface area (Å²) in [4.78, 5) is 2.58. The molecule has 152 valence electrons. The van der Waals surface area contributed by atoms with Crippen molar-refractivity contribution in [3.05, 3.63) is 53.6 Å². The molecule has 2 aromatic carbocycles. The normalized spacial score (nSPS) is 17.1. The molecule has 4 heteroatoms. The second-order valence-electron chi connectivity index (χ2n) is 7.93. The van der Waals surface area contributed by atoms with Crippen LogP contribution in [0.2, 0.25) is 0 Å². The van der Waals surface area contributed by atoms with Crippen molar-refractivity contribution in [2.45, 2.75) is 51.6 Å². The van der Waals surface area contributed by atoms with E-state index in [0.29, 0.717) is 8.58 Å². The van der Waals surface area contributed by atoms with E-state index in [1.807, 2.05) is 0 Å². The first-order valence-electron chi connectivity index (χ1n) is 10.4. The number of methoxy groups -OCH3 is 1. The third-order valence-corrected chi connectivity index (χ3v) is 7.65. The summed E-state index contributed by atoms with van der Waals surface area (Å²) in [6.45, 7) is 9.47. The van der Waals surface area contributed by atoms with Crippen LogP contribution >= 0.6 is 8.58 Å². The number of ether oxygens (including phenoxy) is 2. The van der Waals surface area contributed by atoms with E-state index in [1.165, 1.54) is 54.5 Å². The van der Waals surface area contributed by atoms with Crippen LogP contribution in [0.5, 0.6) is 5.75 Å². The van der Waals surface area contributed by atoms with Gasteiger partial charge in [-0.25, -0.2) is 0 Å². The molecule has 3 nitrogen and oxygen atoms in total. The Bertz CT molecular complexity index is 773. The molecular weight excluding hydrogens is 365 g/mol. The highest BCUT2D eigenvalue weighted by Gasteiger charge is 2.30. The zero-order chi connectivity index (χ0) is 20.0. The van der Waals surface area contributed by atoms with Crippen molar-refractivity contribution in [2.75, 3.05) is 31.9 Å². The fraction of sp³-hybridized carbons (Fsp3) is 0.500. The summed E-state index contributed by atoms with van der Waals surface area (Å²) in [5, 5.41) is 1.49. The standard InChI is InChI=1S/C24H34NO2P/c1-5-24(3,20-17-19(2)13-14-22(20)27-18-26-4)28-23-12-8-7-11-21(23)25-15-9-6-10-16-25/h7-8,11-14,17,28H,5-6,9-10,15-16,18H2,1-4H3. The molecule has 0 saturated carbocycles. The van der Waals surface area contributed by atoms with E-state index in [1.54, 1.807) is 7.11 Å². The summed E-state index contributed by atoms with van der Waals surface area (Å²) in [6, 6.07) is 15.5. The molecular formula is C24H34NO2P. The van der Waals surface area contributed by atoms with Gasteiger partial charge in [0.2, 0.25) is 0 Å². The molecule has 2 aromatic rings. The van der Waals surface area contributed by atoms with Gasteiger partial charge in [-0.15, -0.1) is 0 Å². The highest BCUT2D eigenvalue weighted by molar-refractivity contribution is 7.49. The number of piperidine rings is 1. The largest absolute Gasteiger partial charge is 0.467 e. The van der Waals surface area contributed by atoms with Gasteiger partial charge in [-0.2, -0.15) is 0 Å². The highest BCUT2D eigenvalue weighted by atomic mass is 31.1. The fourth-order valence-electron chi connectivity index (χ4n) is 3.96. The number of aryl methyl sites for hydroxylation is 1. The number of nitrogens with zero attached hydrogens (tertiary/aromatic N) is 1. The smallest absolute Gasteiger partial charge is 0.188 e. The molecule has 1 aliphatic rings. The van der Waals surface area contributed by atoms with Crippen LogP contribution in [-0.4, -0.2) is 27.0 Å². The van der Waals surface area contributed by atoms with Gasteiger partial charge in [0.1, 0.15) is 5.75 Å². The lowest BCUT2D eigenvalue weighted by Gasteiger charge is -2.35. The summed E-state index contributed by atoms with van der Waals surface area (Å²) in [5.41, 5.74) is 3.99. The third kappa shape index (κ3) is 4.88. The molecule has 0 amide bonds. The maximum Gasteiger partial charge on any atom is 0.188 e. The number of hydrogen-bond donors (Lipinski definition) is 0. The molecule has 0 aromatic heterocycles. The second-order valence-corrected chi connectivity index (χ2v) is 9.82. The molecule has 28 heavy (non-hydrogen) atoms. The Kier molecular flexibility index (Phi) is 7.37. The minimum Gasteiger partial charge on any atom is -0.467 e. The van der Waals surface area contributed by atoms with E-state index in [9.17, 15) is 0 Å². The summed E-state index contributed by atoms with van der Waals surface area (Å²) < 4.78 is 11.1. The van der Waals surface area contributed by atoms with Crippen LogP contribution in [0.3, 0.4) is 0 Å². The lowest BCUT2D eigenvalue weighted by Crippen LogP contribution is -2.33. The van der Waals surface area contributed by atoms with Gasteiger partial charge in [0.15, 0.2) is 6.79 Å². The maximum atomic E-state index is 5.95. The van der Waals surface area contributed by atoms with E-state index in [0.717, 1.165) is 12.2 Å². The van der Waals surface area contributed by atoms with Crippen molar-refractivity contribution in [3.63, 3.8) is 0 Å². The van der Waals surface area contributed by atoms with Crippen molar-refractivity contribution >= 4 is 19.6 Å². The van der Waals surface area contributed by atoms with Gasteiger partial charge in [-0.3, -0.25) is 0 Å². The minimum atomic E-state index is 0.0288. The van der Waals surface area contributed by atoms with Crippen LogP contribution in [-0.2, 0) is 9.89 Å². The van der Waals surface area contributed by atoms with Gasteiger partial charge < -0.3 is 14.4 Å². The molecule has 1 fully saturated rings. The maximum absolute atomic E-state index is 5.95. The average Bonchev–Trinajstić information content (AvgIpc) is 2.73. The lowest BCUT2D eigenvalue weighted by atomic mass is 9.95. The summed E-state index contributed by atoms with van der Waals surface area (Å²) in [5.74, 6) is 0.944. The van der Waals surface area contributed by atoms with Crippen LogP contribution in [0.15, 0.2) is 42.5 Å². The van der Waals surface area contributed by atoms with Crippen molar-refractivity contribution in [1.29, 1.82) is 0 Å². The van der Waals surface area contributed by atoms with Gasteiger partial charge in [-0.1, -0.05) is 58.3 Å². The molecule has 1 aliphatic heterocycles. The number of benzene rings is 2. The van der Waals surface area contributed by atoms with Crippen LogP contribution in [0.25, 0.3) is 0 Å². The van der Waals surface area contributed by atoms with E-state index >= 15 is 0 Å². The van der Waals surface area contributed by atoms with Crippen molar-refractivity contribution in [2.24, 2.45) is 0 Å². The SMILES string of the molecule is CCC(C)(Pc1ccccc1N1CCCCC1)c1cc(C)ccc1OCOC. The van der Waals surface area contributed by atoms with Crippen molar-refractivity contribution < 1.29 is 9.47 Å². The number of anilines is 1. The van der Waals surface area contributed by atoms with Crippen LogP contribution in [0.1, 0.15) is 50.7 Å². The Morgan fingerprint density at radius 1 is 1.07 bits per heavy atom. The van der Waals surface area contributed by atoms with E-state index < -0.39 is 0 Å². The molecule has 0 N–H and O–H groups in total. The number of para-hydroxylation sites is 1. The Labute approximate surface area is 172 Å². The van der Waals surface area contributed by atoms with Gasteiger partial charge in [-0.05, 0) is 50.0 Å². The fourth-order valence-corrected chi connectivity index (χ4v) is 5.61. The molecule has 2 atom stereocenters. The quantitative estimate of drug-likeness (QED) is 0.426. The summed E-state index contributed by atoms with van der Waals surface area (Å²) in [6.07, 6.45) is 5.02. The minimum absolute atomic E-state index is 0.0288. The number of rotatable bonds is 8. The first-order chi connectivity index (χ1) is 13.6. The molecule has 3 rings (SSSR count). The van der Waals surface area contributed by atoms with Crippen LogP contribution in [0, 0.1) is 6.92 Å². The summed E-state index contributed by atoms with van der Waals surface area (Å²) in [7, 11) is 2.35. The average molecular weight is 400 g/mol. The van der Waals surface area contributed by atoms with Crippen LogP contribution < -0.4 is 14.9 Å². The molecule has 0 aliphatic carbocycles. The predicted molar refractivity (Wildman–Crippen MR) is 122 cm³/mol. The molecule has 1 saturated heterocycles. The summed E-state index contributed by atoms with van der Waals surface area (Å²) >= 11 is 0. The van der Waals surface area contributed by atoms with Crippen molar-refractivity contribution in [3.8, 4) is 5.75 Å². The van der Waals surface area contributed by atoms with Gasteiger partial charge in [0.05, 0.1) is 0 Å². The van der Waals surface area contributed by atoms with E-state index in [4.69, 9.17) is 9.47 Å². The second kappa shape index (κ2) is 9.76. The third-order valence-electron chi connectivity index (χ3n) is 5.78. The predicted octanol–water partition coefficient (Wildman–Crippen LogP) is 5.60. The van der Waals surface area contributed by atoms with Gasteiger partial charge in [0, 0.05) is 36.6 Å². The zero-order valence-electron chi connectivity index (χ0n) is 17.8. The van der Waals surface area contributed by atoms with Crippen molar-refractivity contribution in [1.82, 2.24) is 0 Å². The molecule has 2 unspecified atom stereocenters. The molecule has 0 spiro atoms. The van der Waals surface area contributed by atoms with Gasteiger partial charge >= 0.3 is 0 Å². The Morgan fingerprint density at radius 2 is 1.82 bits per heavy atom. The Morgan fingerprint density at radius 3 is 2.54 bits per heavy atom. The number of hydrogen-bond acceptors (Lipinski definition) is 3. The first kappa shape index (κ1) is 21.1. The molecule has 0 radical (unpaired) electrons.